The van der Waals surface area contributed by atoms with Crippen LogP contribution >= 0.6 is 35.5 Å². The van der Waals surface area contributed by atoms with E-state index < -0.39 is 0 Å². The summed E-state index contributed by atoms with van der Waals surface area (Å²) in [5, 5.41) is 6.79. The lowest BCUT2D eigenvalue weighted by Gasteiger charge is -2.01. The van der Waals surface area contributed by atoms with Crippen molar-refractivity contribution >= 4 is 35.5 Å². The first-order valence-electron chi connectivity index (χ1n) is 5.57. The number of nitrogens with one attached hydrogen (secondary N) is 1. The smallest absolute Gasteiger partial charge is 0.0954 e. The Bertz CT molecular complexity index is 313. The van der Waals surface area contributed by atoms with Gasteiger partial charge in [0.05, 0.1) is 10.7 Å². The molecule has 0 saturated carbocycles. The van der Waals surface area contributed by atoms with Crippen LogP contribution in [0.15, 0.2) is 18.0 Å². The highest BCUT2D eigenvalue weighted by Crippen LogP contribution is 2.18. The summed E-state index contributed by atoms with van der Waals surface area (Å²) in [6.45, 7) is 9.98. The fourth-order valence-electron chi connectivity index (χ4n) is 1.20. The van der Waals surface area contributed by atoms with E-state index in [1.54, 1.807) is 11.3 Å². The number of nitrogens with zero attached hydrogens (tertiary/aromatic N) is 1. The standard InChI is InChI=1S/C12H20N2S2.ClH/c1-4-6-15-7-5-13-8-11-9-16-12(14-11)10(2)3;/h4,9-10,13H,1,5-8H2,2-3H3;1H. The van der Waals surface area contributed by atoms with Gasteiger partial charge in [0.25, 0.3) is 0 Å². The zero-order valence-corrected chi connectivity index (χ0v) is 12.9. The molecular formula is C12H21ClN2S2. The Morgan fingerprint density at radius 3 is 2.94 bits per heavy atom. The molecule has 0 aliphatic rings. The van der Waals surface area contributed by atoms with Crippen LogP contribution in [-0.4, -0.2) is 23.0 Å². The number of hydrogen-bond donors (Lipinski definition) is 1. The van der Waals surface area contributed by atoms with Gasteiger partial charge in [-0.2, -0.15) is 11.8 Å². The second kappa shape index (κ2) is 9.95. The number of thioether (sulfide) groups is 1. The van der Waals surface area contributed by atoms with Crippen LogP contribution in [0, 0.1) is 0 Å². The minimum absolute atomic E-state index is 0. The lowest BCUT2D eigenvalue weighted by Crippen LogP contribution is -2.16. The molecule has 0 amide bonds. The number of aromatic nitrogens is 1. The molecule has 1 N–H and O–H groups in total. The Kier molecular flexibility index (Phi) is 9.93. The lowest BCUT2D eigenvalue weighted by atomic mass is 10.2. The molecule has 0 aliphatic heterocycles. The van der Waals surface area contributed by atoms with Crippen LogP contribution in [0.5, 0.6) is 0 Å². The summed E-state index contributed by atoms with van der Waals surface area (Å²) < 4.78 is 0. The second-order valence-electron chi connectivity index (χ2n) is 3.87. The van der Waals surface area contributed by atoms with Gasteiger partial charge in [0.2, 0.25) is 0 Å². The summed E-state index contributed by atoms with van der Waals surface area (Å²) in [7, 11) is 0. The third-order valence-electron chi connectivity index (χ3n) is 2.03. The van der Waals surface area contributed by atoms with Crippen LogP contribution in [0.2, 0.25) is 0 Å². The number of halogens is 1. The molecule has 0 unspecified atom stereocenters. The van der Waals surface area contributed by atoms with Crippen molar-refractivity contribution in [3.8, 4) is 0 Å². The van der Waals surface area contributed by atoms with Gasteiger partial charge < -0.3 is 5.32 Å². The average molecular weight is 293 g/mol. The molecule has 1 rings (SSSR count). The van der Waals surface area contributed by atoms with Crippen molar-refractivity contribution in [1.82, 2.24) is 10.3 Å². The number of thiazole rings is 1. The first-order valence-corrected chi connectivity index (χ1v) is 7.61. The summed E-state index contributed by atoms with van der Waals surface area (Å²) in [5.74, 6) is 2.71. The van der Waals surface area contributed by atoms with Crippen LogP contribution in [0.25, 0.3) is 0 Å². The van der Waals surface area contributed by atoms with Crippen LogP contribution < -0.4 is 5.32 Å². The van der Waals surface area contributed by atoms with Crippen molar-refractivity contribution < 1.29 is 0 Å². The van der Waals surface area contributed by atoms with Gasteiger partial charge in [-0.05, 0) is 0 Å². The molecule has 0 bridgehead atoms. The Labute approximate surface area is 119 Å². The SMILES string of the molecule is C=CCSCCNCc1csc(C(C)C)n1.Cl. The Balaban J connectivity index is 0.00000256. The maximum Gasteiger partial charge on any atom is 0.0954 e. The van der Waals surface area contributed by atoms with E-state index in [1.165, 1.54) is 10.7 Å². The molecule has 0 aliphatic carbocycles. The van der Waals surface area contributed by atoms with Gasteiger partial charge in [0.15, 0.2) is 0 Å². The summed E-state index contributed by atoms with van der Waals surface area (Å²) in [6, 6.07) is 0. The predicted octanol–water partition coefficient (Wildman–Crippen LogP) is 3.70. The Hall–Kier alpha value is -0.0300. The first kappa shape index (κ1) is 17.0. The topological polar surface area (TPSA) is 24.9 Å². The van der Waals surface area contributed by atoms with Crippen molar-refractivity contribution in [3.05, 3.63) is 28.7 Å². The molecule has 0 aromatic carbocycles. The Morgan fingerprint density at radius 1 is 1.59 bits per heavy atom. The van der Waals surface area contributed by atoms with Crippen LogP contribution in [0.4, 0.5) is 0 Å². The normalized spacial score (nSPS) is 10.3. The fraction of sp³-hybridized carbons (Fsp3) is 0.583. The molecule has 2 nitrogen and oxygen atoms in total. The van der Waals surface area contributed by atoms with Crippen LogP contribution in [0.1, 0.15) is 30.5 Å². The highest BCUT2D eigenvalue weighted by atomic mass is 35.5. The van der Waals surface area contributed by atoms with Crippen LogP contribution in [-0.2, 0) is 6.54 Å². The van der Waals surface area contributed by atoms with Crippen molar-refractivity contribution in [2.24, 2.45) is 0 Å². The fourth-order valence-corrected chi connectivity index (χ4v) is 2.65. The largest absolute Gasteiger partial charge is 0.310 e. The van der Waals surface area contributed by atoms with Crippen molar-refractivity contribution in [3.63, 3.8) is 0 Å². The maximum absolute atomic E-state index is 4.58. The summed E-state index contributed by atoms with van der Waals surface area (Å²) in [5.41, 5.74) is 1.17. The monoisotopic (exact) mass is 292 g/mol. The van der Waals surface area contributed by atoms with E-state index in [1.807, 2.05) is 17.8 Å². The molecular weight excluding hydrogens is 272 g/mol. The molecule has 17 heavy (non-hydrogen) atoms. The molecule has 0 spiro atoms. The van der Waals surface area contributed by atoms with Crippen molar-refractivity contribution in [1.29, 1.82) is 0 Å². The molecule has 5 heteroatoms. The summed E-state index contributed by atoms with van der Waals surface area (Å²) in [4.78, 5) is 4.58. The predicted molar refractivity (Wildman–Crippen MR) is 82.7 cm³/mol. The van der Waals surface area contributed by atoms with E-state index in [-0.39, 0.29) is 12.4 Å². The quantitative estimate of drug-likeness (QED) is 0.584. The van der Waals surface area contributed by atoms with E-state index >= 15 is 0 Å². The molecule has 1 aromatic heterocycles. The van der Waals surface area contributed by atoms with Gasteiger partial charge in [0, 0.05) is 35.9 Å². The Morgan fingerprint density at radius 2 is 2.35 bits per heavy atom. The zero-order valence-electron chi connectivity index (χ0n) is 10.4. The molecule has 1 aromatic rings. The van der Waals surface area contributed by atoms with E-state index in [9.17, 15) is 0 Å². The minimum Gasteiger partial charge on any atom is -0.310 e. The lowest BCUT2D eigenvalue weighted by molar-refractivity contribution is 0.712. The summed E-state index contributed by atoms with van der Waals surface area (Å²) in [6.07, 6.45) is 1.94. The zero-order chi connectivity index (χ0) is 11.8. The highest BCUT2D eigenvalue weighted by Gasteiger charge is 2.04. The molecule has 0 saturated heterocycles. The van der Waals surface area contributed by atoms with E-state index in [4.69, 9.17) is 0 Å². The summed E-state index contributed by atoms with van der Waals surface area (Å²) >= 11 is 3.66. The van der Waals surface area contributed by atoms with Crippen LogP contribution in [0.3, 0.4) is 0 Å². The number of hydrogen-bond acceptors (Lipinski definition) is 4. The average Bonchev–Trinajstić information content (AvgIpc) is 2.72. The van der Waals surface area contributed by atoms with E-state index in [0.29, 0.717) is 5.92 Å². The van der Waals surface area contributed by atoms with Gasteiger partial charge >= 0.3 is 0 Å². The minimum atomic E-state index is 0. The van der Waals surface area contributed by atoms with E-state index in [2.05, 4.69) is 36.1 Å². The highest BCUT2D eigenvalue weighted by molar-refractivity contribution is 7.99. The number of rotatable bonds is 8. The van der Waals surface area contributed by atoms with Gasteiger partial charge in [-0.25, -0.2) is 4.98 Å². The first-order chi connectivity index (χ1) is 7.74. The van der Waals surface area contributed by atoms with Gasteiger partial charge in [0.1, 0.15) is 0 Å². The molecule has 0 atom stereocenters. The maximum atomic E-state index is 4.58. The van der Waals surface area contributed by atoms with Gasteiger partial charge in [-0.15, -0.1) is 30.3 Å². The van der Waals surface area contributed by atoms with Gasteiger partial charge in [-0.3, -0.25) is 0 Å². The van der Waals surface area contributed by atoms with Crippen molar-refractivity contribution in [2.75, 3.05) is 18.1 Å². The third kappa shape index (κ3) is 7.09. The van der Waals surface area contributed by atoms with Gasteiger partial charge in [-0.1, -0.05) is 19.9 Å². The third-order valence-corrected chi connectivity index (χ3v) is 4.19. The molecule has 98 valence electrons. The second-order valence-corrected chi connectivity index (χ2v) is 5.91. The molecule has 0 fully saturated rings. The van der Waals surface area contributed by atoms with Crippen molar-refractivity contribution in [2.45, 2.75) is 26.3 Å². The van der Waals surface area contributed by atoms with E-state index in [0.717, 1.165) is 24.6 Å². The molecule has 0 radical (unpaired) electrons. The molecule has 1 heterocycles.